The number of rotatable bonds is 5. The summed E-state index contributed by atoms with van der Waals surface area (Å²) < 4.78 is 27.2. The van der Waals surface area contributed by atoms with Crippen molar-refractivity contribution in [1.82, 2.24) is 0 Å². The fraction of sp³-hybridized carbons (Fsp3) is 0.333. The van der Waals surface area contributed by atoms with Crippen LogP contribution in [-0.4, -0.2) is 21.5 Å². The highest BCUT2D eigenvalue weighted by molar-refractivity contribution is 7.91. The fourth-order valence-corrected chi connectivity index (χ4v) is 4.23. The van der Waals surface area contributed by atoms with Crippen molar-refractivity contribution in [3.8, 4) is 0 Å². The topological polar surface area (TPSA) is 49.4 Å². The van der Waals surface area contributed by atoms with Gasteiger partial charge in [0.15, 0.2) is 0 Å². The SMILES string of the molecule is O=S(=O)(Cc1ccc(Cl)cc1)Nc1ccc(N2CCCCC2)cc1. The molecule has 1 heterocycles. The number of benzene rings is 2. The molecule has 0 atom stereocenters. The molecule has 0 unspecified atom stereocenters. The van der Waals surface area contributed by atoms with Gasteiger partial charge < -0.3 is 4.90 Å². The van der Waals surface area contributed by atoms with Crippen molar-refractivity contribution in [2.75, 3.05) is 22.7 Å². The third-order valence-corrected chi connectivity index (χ3v) is 5.64. The molecule has 24 heavy (non-hydrogen) atoms. The number of hydrogen-bond donors (Lipinski definition) is 1. The molecule has 2 aromatic rings. The summed E-state index contributed by atoms with van der Waals surface area (Å²) in [5.74, 6) is -0.0714. The molecule has 2 aromatic carbocycles. The standard InChI is InChI=1S/C18H21ClN2O2S/c19-16-6-4-15(5-7-16)14-24(22,23)20-17-8-10-18(11-9-17)21-12-2-1-3-13-21/h4-11,20H,1-3,12-14H2. The van der Waals surface area contributed by atoms with E-state index in [-0.39, 0.29) is 5.75 Å². The Morgan fingerprint density at radius 2 is 1.54 bits per heavy atom. The molecule has 0 aromatic heterocycles. The molecule has 1 saturated heterocycles. The molecular formula is C18H21ClN2O2S. The van der Waals surface area contributed by atoms with Crippen LogP contribution in [0, 0.1) is 0 Å². The van der Waals surface area contributed by atoms with E-state index in [1.54, 1.807) is 24.3 Å². The molecule has 1 aliphatic heterocycles. The lowest BCUT2D eigenvalue weighted by atomic mass is 10.1. The first-order valence-corrected chi connectivity index (χ1v) is 10.1. The quantitative estimate of drug-likeness (QED) is 0.861. The van der Waals surface area contributed by atoms with Gasteiger partial charge in [0.1, 0.15) is 0 Å². The zero-order valence-corrected chi connectivity index (χ0v) is 15.0. The van der Waals surface area contributed by atoms with Crippen molar-refractivity contribution >= 4 is 33.0 Å². The van der Waals surface area contributed by atoms with Crippen LogP contribution in [0.4, 0.5) is 11.4 Å². The molecule has 128 valence electrons. The fourth-order valence-electron chi connectivity index (χ4n) is 2.91. The lowest BCUT2D eigenvalue weighted by Crippen LogP contribution is -2.29. The highest BCUT2D eigenvalue weighted by atomic mass is 35.5. The van der Waals surface area contributed by atoms with E-state index in [9.17, 15) is 8.42 Å². The van der Waals surface area contributed by atoms with Gasteiger partial charge in [0.25, 0.3) is 0 Å². The summed E-state index contributed by atoms with van der Waals surface area (Å²) in [6.45, 7) is 2.14. The van der Waals surface area contributed by atoms with Gasteiger partial charge in [-0.25, -0.2) is 8.42 Å². The van der Waals surface area contributed by atoms with Crippen LogP contribution in [0.15, 0.2) is 48.5 Å². The van der Waals surface area contributed by atoms with Crippen LogP contribution >= 0.6 is 11.6 Å². The Morgan fingerprint density at radius 3 is 2.17 bits per heavy atom. The third-order valence-electron chi connectivity index (χ3n) is 4.13. The van der Waals surface area contributed by atoms with E-state index in [2.05, 4.69) is 9.62 Å². The second-order valence-corrected chi connectivity index (χ2v) is 8.24. The van der Waals surface area contributed by atoms with Gasteiger partial charge in [-0.2, -0.15) is 0 Å². The monoisotopic (exact) mass is 364 g/mol. The van der Waals surface area contributed by atoms with E-state index >= 15 is 0 Å². The van der Waals surface area contributed by atoms with Crippen LogP contribution in [0.5, 0.6) is 0 Å². The molecule has 1 fully saturated rings. The first-order valence-electron chi connectivity index (χ1n) is 8.12. The maximum absolute atomic E-state index is 12.3. The maximum atomic E-state index is 12.3. The number of nitrogens with zero attached hydrogens (tertiary/aromatic N) is 1. The summed E-state index contributed by atoms with van der Waals surface area (Å²) in [7, 11) is -3.44. The summed E-state index contributed by atoms with van der Waals surface area (Å²) in [5, 5.41) is 0.595. The number of halogens is 1. The number of nitrogens with one attached hydrogen (secondary N) is 1. The van der Waals surface area contributed by atoms with Crippen LogP contribution in [0.25, 0.3) is 0 Å². The van der Waals surface area contributed by atoms with Crippen molar-refractivity contribution in [3.63, 3.8) is 0 Å². The van der Waals surface area contributed by atoms with E-state index < -0.39 is 10.0 Å². The van der Waals surface area contributed by atoms with E-state index in [1.165, 1.54) is 19.3 Å². The van der Waals surface area contributed by atoms with Crippen LogP contribution in [-0.2, 0) is 15.8 Å². The van der Waals surface area contributed by atoms with Crippen molar-refractivity contribution < 1.29 is 8.42 Å². The van der Waals surface area contributed by atoms with Gasteiger partial charge in [-0.15, -0.1) is 0 Å². The van der Waals surface area contributed by atoms with Crippen LogP contribution in [0.1, 0.15) is 24.8 Å². The molecule has 0 amide bonds. The van der Waals surface area contributed by atoms with Crippen molar-refractivity contribution in [2.24, 2.45) is 0 Å². The predicted molar refractivity (Wildman–Crippen MR) is 100 cm³/mol. The van der Waals surface area contributed by atoms with Gasteiger partial charge in [0.05, 0.1) is 5.75 Å². The van der Waals surface area contributed by atoms with E-state index in [0.717, 1.165) is 18.8 Å². The minimum Gasteiger partial charge on any atom is -0.372 e. The van der Waals surface area contributed by atoms with E-state index in [4.69, 9.17) is 11.6 Å². The first-order chi connectivity index (χ1) is 11.5. The molecule has 0 bridgehead atoms. The third kappa shape index (κ3) is 4.65. The molecule has 0 radical (unpaired) electrons. The minimum atomic E-state index is -3.44. The van der Waals surface area contributed by atoms with Gasteiger partial charge in [-0.3, -0.25) is 4.72 Å². The smallest absolute Gasteiger partial charge is 0.236 e. The van der Waals surface area contributed by atoms with Gasteiger partial charge >= 0.3 is 0 Å². The number of sulfonamides is 1. The minimum absolute atomic E-state index is 0.0714. The number of piperidine rings is 1. The van der Waals surface area contributed by atoms with Gasteiger partial charge in [-0.1, -0.05) is 23.7 Å². The second kappa shape index (κ2) is 7.45. The average molecular weight is 365 g/mol. The molecule has 4 nitrogen and oxygen atoms in total. The Morgan fingerprint density at radius 1 is 0.917 bits per heavy atom. The molecule has 0 saturated carbocycles. The molecule has 1 N–H and O–H groups in total. The van der Waals surface area contributed by atoms with Crippen molar-refractivity contribution in [1.29, 1.82) is 0 Å². The maximum Gasteiger partial charge on any atom is 0.236 e. The Labute approximate surface area is 148 Å². The van der Waals surface area contributed by atoms with E-state index in [1.807, 2.05) is 24.3 Å². The number of anilines is 2. The molecule has 3 rings (SSSR count). The van der Waals surface area contributed by atoms with Crippen molar-refractivity contribution in [2.45, 2.75) is 25.0 Å². The normalized spacial score (nSPS) is 15.3. The lowest BCUT2D eigenvalue weighted by Gasteiger charge is -2.28. The molecule has 0 aliphatic carbocycles. The summed E-state index contributed by atoms with van der Waals surface area (Å²) in [6, 6.07) is 14.4. The van der Waals surface area contributed by atoms with Crippen LogP contribution in [0.2, 0.25) is 5.02 Å². The van der Waals surface area contributed by atoms with Crippen LogP contribution in [0.3, 0.4) is 0 Å². The highest BCUT2D eigenvalue weighted by Crippen LogP contribution is 2.22. The van der Waals surface area contributed by atoms with Crippen molar-refractivity contribution in [3.05, 3.63) is 59.1 Å². The average Bonchev–Trinajstić information content (AvgIpc) is 2.58. The summed E-state index contributed by atoms with van der Waals surface area (Å²) >= 11 is 5.82. The summed E-state index contributed by atoms with van der Waals surface area (Å²) in [5.41, 5.74) is 2.44. The predicted octanol–water partition coefficient (Wildman–Crippen LogP) is 4.27. The largest absolute Gasteiger partial charge is 0.372 e. The van der Waals surface area contributed by atoms with Crippen LogP contribution < -0.4 is 9.62 Å². The summed E-state index contributed by atoms with van der Waals surface area (Å²) in [4.78, 5) is 2.34. The van der Waals surface area contributed by atoms with E-state index in [0.29, 0.717) is 16.3 Å². The zero-order valence-electron chi connectivity index (χ0n) is 13.4. The van der Waals surface area contributed by atoms with Gasteiger partial charge in [0, 0.05) is 29.5 Å². The lowest BCUT2D eigenvalue weighted by molar-refractivity contribution is 0.578. The van der Waals surface area contributed by atoms with Gasteiger partial charge in [-0.05, 0) is 61.2 Å². The summed E-state index contributed by atoms with van der Waals surface area (Å²) in [6.07, 6.45) is 3.73. The number of hydrogen-bond acceptors (Lipinski definition) is 3. The molecular weight excluding hydrogens is 344 g/mol. The first kappa shape index (κ1) is 17.1. The molecule has 1 aliphatic rings. The Bertz CT molecular complexity index is 768. The second-order valence-electron chi connectivity index (χ2n) is 6.08. The highest BCUT2D eigenvalue weighted by Gasteiger charge is 2.13. The molecule has 0 spiro atoms. The zero-order chi connectivity index (χ0) is 17.0. The molecule has 6 heteroatoms. The van der Waals surface area contributed by atoms with Gasteiger partial charge in [0.2, 0.25) is 10.0 Å². The Balaban J connectivity index is 1.64. The Kier molecular flexibility index (Phi) is 5.31. The Hall–Kier alpha value is -1.72.